The fraction of sp³-hybridized carbons (Fsp3) is 0.696. The fourth-order valence-electron chi connectivity index (χ4n) is 3.92. The van der Waals surface area contributed by atoms with Crippen molar-refractivity contribution < 1.29 is 5.11 Å². The Balaban J connectivity index is 0.00000320. The molecule has 7 heteroatoms. The van der Waals surface area contributed by atoms with E-state index in [1.807, 2.05) is 11.8 Å². The predicted octanol–water partition coefficient (Wildman–Crippen LogP) is 3.99. The summed E-state index contributed by atoms with van der Waals surface area (Å²) in [5.74, 6) is 2.67. The van der Waals surface area contributed by atoms with Crippen LogP contribution in [-0.4, -0.2) is 60.4 Å². The fourth-order valence-corrected chi connectivity index (χ4v) is 5.20. The molecule has 0 saturated carbocycles. The topological polar surface area (TPSA) is 59.9 Å². The summed E-state index contributed by atoms with van der Waals surface area (Å²) >= 11 is 1.82. The van der Waals surface area contributed by atoms with Crippen molar-refractivity contribution in [2.75, 3.05) is 42.6 Å². The van der Waals surface area contributed by atoms with E-state index in [0.29, 0.717) is 12.6 Å². The second-order valence-electron chi connectivity index (χ2n) is 9.42. The number of aliphatic imine (C=N–C) groups is 1. The number of nitrogens with one attached hydrogen (secondary N) is 2. The van der Waals surface area contributed by atoms with Crippen LogP contribution in [0, 0.1) is 0 Å². The van der Waals surface area contributed by atoms with E-state index in [9.17, 15) is 5.11 Å². The molecule has 2 saturated heterocycles. The Bertz CT molecular complexity index is 675. The Kier molecular flexibility index (Phi) is 9.61. The molecule has 2 aliphatic rings. The molecule has 1 unspecified atom stereocenters. The van der Waals surface area contributed by atoms with Crippen LogP contribution in [0.5, 0.6) is 0 Å². The first-order valence-electron chi connectivity index (χ1n) is 11.0. The van der Waals surface area contributed by atoms with E-state index in [2.05, 4.69) is 72.5 Å². The van der Waals surface area contributed by atoms with Crippen LogP contribution in [0.3, 0.4) is 0 Å². The van der Waals surface area contributed by atoms with E-state index in [1.54, 1.807) is 0 Å². The first kappa shape index (κ1) is 25.6. The van der Waals surface area contributed by atoms with Gasteiger partial charge in [0.25, 0.3) is 0 Å². The number of rotatable bonds is 5. The lowest BCUT2D eigenvalue weighted by atomic mass is 9.87. The summed E-state index contributed by atoms with van der Waals surface area (Å²) in [6.45, 7) is 12.3. The lowest BCUT2D eigenvalue weighted by Gasteiger charge is -2.35. The van der Waals surface area contributed by atoms with Gasteiger partial charge in [0, 0.05) is 37.1 Å². The van der Waals surface area contributed by atoms with Crippen LogP contribution in [0.4, 0.5) is 5.69 Å². The van der Waals surface area contributed by atoms with E-state index in [-0.39, 0.29) is 29.4 Å². The standard InChI is InChI=1S/C23H38N4OS.HI/c1-5-24-21(25-16-23(28)12-15-29-17-23)26-19-10-13-27(14-11-19)20-8-6-18(7-9-20)22(2,3)4;/h6-9,19,28H,5,10-17H2,1-4H3,(H2,24,25,26);1H. The molecule has 0 radical (unpaired) electrons. The number of hydrogen-bond donors (Lipinski definition) is 3. The van der Waals surface area contributed by atoms with Gasteiger partial charge in [-0.2, -0.15) is 11.8 Å². The van der Waals surface area contributed by atoms with Gasteiger partial charge < -0.3 is 20.6 Å². The molecule has 0 spiro atoms. The van der Waals surface area contributed by atoms with Crippen molar-refractivity contribution in [2.24, 2.45) is 4.99 Å². The number of piperidine rings is 1. The Morgan fingerprint density at radius 3 is 2.43 bits per heavy atom. The minimum absolute atomic E-state index is 0. The maximum absolute atomic E-state index is 10.6. The molecule has 2 heterocycles. The molecule has 1 aromatic carbocycles. The van der Waals surface area contributed by atoms with Crippen LogP contribution in [0.2, 0.25) is 0 Å². The van der Waals surface area contributed by atoms with Crippen molar-refractivity contribution >= 4 is 47.4 Å². The zero-order valence-electron chi connectivity index (χ0n) is 18.9. The number of benzene rings is 1. The van der Waals surface area contributed by atoms with Crippen LogP contribution in [0.1, 0.15) is 52.5 Å². The Morgan fingerprint density at radius 1 is 1.23 bits per heavy atom. The van der Waals surface area contributed by atoms with Gasteiger partial charge in [-0.25, -0.2) is 0 Å². The molecule has 0 aromatic heterocycles. The van der Waals surface area contributed by atoms with Gasteiger partial charge in [0.15, 0.2) is 5.96 Å². The minimum Gasteiger partial charge on any atom is -0.387 e. The monoisotopic (exact) mass is 546 g/mol. The van der Waals surface area contributed by atoms with Gasteiger partial charge in [-0.15, -0.1) is 24.0 Å². The highest BCUT2D eigenvalue weighted by Gasteiger charge is 2.31. The normalized spacial score (nSPS) is 23.2. The van der Waals surface area contributed by atoms with Crippen molar-refractivity contribution in [1.82, 2.24) is 10.6 Å². The average molecular weight is 547 g/mol. The maximum atomic E-state index is 10.6. The third-order valence-corrected chi connectivity index (χ3v) is 7.13. The summed E-state index contributed by atoms with van der Waals surface area (Å²) in [6, 6.07) is 9.48. The summed E-state index contributed by atoms with van der Waals surface area (Å²) in [5, 5.41) is 17.5. The molecule has 1 atom stereocenters. The van der Waals surface area contributed by atoms with Crippen molar-refractivity contribution in [3.8, 4) is 0 Å². The van der Waals surface area contributed by atoms with E-state index >= 15 is 0 Å². The van der Waals surface area contributed by atoms with Crippen LogP contribution < -0.4 is 15.5 Å². The number of guanidine groups is 1. The number of thioether (sulfide) groups is 1. The molecule has 2 aliphatic heterocycles. The third-order valence-electron chi connectivity index (χ3n) is 5.89. The molecule has 30 heavy (non-hydrogen) atoms. The smallest absolute Gasteiger partial charge is 0.191 e. The van der Waals surface area contributed by atoms with Crippen molar-refractivity contribution in [2.45, 2.75) is 64.0 Å². The third kappa shape index (κ3) is 7.19. The lowest BCUT2D eigenvalue weighted by Crippen LogP contribution is -2.49. The van der Waals surface area contributed by atoms with Crippen LogP contribution >= 0.6 is 35.7 Å². The quantitative estimate of drug-likeness (QED) is 0.296. The molecule has 0 amide bonds. The van der Waals surface area contributed by atoms with Gasteiger partial charge in [-0.3, -0.25) is 4.99 Å². The minimum atomic E-state index is -0.629. The summed E-state index contributed by atoms with van der Waals surface area (Å²) in [6.07, 6.45) is 3.02. The Morgan fingerprint density at radius 2 is 1.90 bits per heavy atom. The molecule has 0 aliphatic carbocycles. The van der Waals surface area contributed by atoms with Crippen LogP contribution in [-0.2, 0) is 5.41 Å². The first-order chi connectivity index (χ1) is 13.8. The highest BCUT2D eigenvalue weighted by atomic mass is 127. The first-order valence-corrected chi connectivity index (χ1v) is 12.1. The number of aliphatic hydroxyl groups is 1. The summed E-state index contributed by atoms with van der Waals surface area (Å²) in [5.41, 5.74) is 2.27. The van der Waals surface area contributed by atoms with Crippen LogP contribution in [0.15, 0.2) is 29.3 Å². The Labute approximate surface area is 203 Å². The molecule has 2 fully saturated rings. The van der Waals surface area contributed by atoms with Gasteiger partial charge >= 0.3 is 0 Å². The number of halogens is 1. The van der Waals surface area contributed by atoms with Gasteiger partial charge in [-0.1, -0.05) is 32.9 Å². The number of hydrogen-bond acceptors (Lipinski definition) is 4. The van der Waals surface area contributed by atoms with E-state index in [0.717, 1.165) is 56.4 Å². The molecule has 1 aromatic rings. The van der Waals surface area contributed by atoms with Gasteiger partial charge in [0.2, 0.25) is 0 Å². The van der Waals surface area contributed by atoms with E-state index in [1.165, 1.54) is 11.3 Å². The van der Waals surface area contributed by atoms with E-state index in [4.69, 9.17) is 0 Å². The molecule has 0 bridgehead atoms. The second kappa shape index (κ2) is 11.3. The predicted molar refractivity (Wildman–Crippen MR) is 142 cm³/mol. The molecule has 5 nitrogen and oxygen atoms in total. The zero-order chi connectivity index (χ0) is 20.9. The summed E-state index contributed by atoms with van der Waals surface area (Å²) in [7, 11) is 0. The second-order valence-corrected chi connectivity index (χ2v) is 10.5. The largest absolute Gasteiger partial charge is 0.387 e. The summed E-state index contributed by atoms with van der Waals surface area (Å²) < 4.78 is 0. The molecule has 3 N–H and O–H groups in total. The zero-order valence-corrected chi connectivity index (χ0v) is 22.1. The SMILES string of the molecule is CCNC(=NCC1(O)CCSC1)NC1CCN(c2ccc(C(C)(C)C)cc2)CC1.I. The molecular formula is C23H39IN4OS. The lowest BCUT2D eigenvalue weighted by molar-refractivity contribution is 0.0778. The molecular weight excluding hydrogens is 507 g/mol. The molecule has 3 rings (SSSR count). The van der Waals surface area contributed by atoms with Gasteiger partial charge in [0.05, 0.1) is 12.1 Å². The van der Waals surface area contributed by atoms with Crippen molar-refractivity contribution in [3.05, 3.63) is 29.8 Å². The number of anilines is 1. The van der Waals surface area contributed by atoms with Gasteiger partial charge in [0.1, 0.15) is 0 Å². The average Bonchev–Trinajstić information content (AvgIpc) is 3.13. The van der Waals surface area contributed by atoms with Crippen molar-refractivity contribution in [3.63, 3.8) is 0 Å². The summed E-state index contributed by atoms with van der Waals surface area (Å²) in [4.78, 5) is 7.17. The number of nitrogens with zero attached hydrogens (tertiary/aromatic N) is 2. The van der Waals surface area contributed by atoms with Gasteiger partial charge in [-0.05, 0) is 55.1 Å². The highest BCUT2D eigenvalue weighted by Crippen LogP contribution is 2.28. The molecule has 170 valence electrons. The highest BCUT2D eigenvalue weighted by molar-refractivity contribution is 14.0. The maximum Gasteiger partial charge on any atom is 0.191 e. The van der Waals surface area contributed by atoms with Crippen LogP contribution in [0.25, 0.3) is 0 Å². The van der Waals surface area contributed by atoms with Crippen molar-refractivity contribution in [1.29, 1.82) is 0 Å². The van der Waals surface area contributed by atoms with E-state index < -0.39 is 5.60 Å². The Hall–Kier alpha value is -0.670.